The van der Waals surface area contributed by atoms with Crippen LogP contribution in [0.3, 0.4) is 0 Å². The Balaban J connectivity index is 1.60. The van der Waals surface area contributed by atoms with Gasteiger partial charge in [0.05, 0.1) is 22.7 Å². The monoisotopic (exact) mass is 440 g/mol. The van der Waals surface area contributed by atoms with Gasteiger partial charge < -0.3 is 9.88 Å². The van der Waals surface area contributed by atoms with Crippen LogP contribution < -0.4 is 0 Å². The Morgan fingerprint density at radius 2 is 1.70 bits per heavy atom. The fourth-order valence-corrected chi connectivity index (χ4v) is 4.37. The molecule has 0 aliphatic carbocycles. The third-order valence-electron chi connectivity index (χ3n) is 6.20. The molecule has 2 heterocycles. The lowest BCUT2D eigenvalue weighted by atomic mass is 9.91. The fourth-order valence-electron chi connectivity index (χ4n) is 4.37. The van der Waals surface area contributed by atoms with E-state index >= 15 is 0 Å². The van der Waals surface area contributed by atoms with Crippen molar-refractivity contribution in [1.29, 1.82) is 5.26 Å². The first-order valence-corrected chi connectivity index (χ1v) is 10.9. The number of benzene rings is 3. The summed E-state index contributed by atoms with van der Waals surface area (Å²) in [7, 11) is 2.10. The van der Waals surface area contributed by atoms with Crippen molar-refractivity contribution in [3.8, 4) is 17.2 Å². The van der Waals surface area contributed by atoms with Gasteiger partial charge in [0.25, 0.3) is 0 Å². The normalized spacial score (nSPS) is 14.4. The van der Waals surface area contributed by atoms with Gasteiger partial charge in [-0.3, -0.25) is 0 Å². The van der Waals surface area contributed by atoms with E-state index in [1.807, 2.05) is 42.5 Å². The molecule has 4 aromatic rings. The zero-order valence-electron chi connectivity index (χ0n) is 18.2. The third-order valence-corrected chi connectivity index (χ3v) is 6.20. The predicted molar refractivity (Wildman–Crippen MR) is 125 cm³/mol. The first kappa shape index (κ1) is 21.0. The largest absolute Gasteiger partial charge is 0.338 e. The molecule has 3 aromatic carbocycles. The Bertz CT molecular complexity index is 1360. The molecule has 0 unspecified atom stereocenters. The maximum atomic E-state index is 13.8. The van der Waals surface area contributed by atoms with Crippen molar-refractivity contribution in [2.45, 2.75) is 12.8 Å². The van der Waals surface area contributed by atoms with Gasteiger partial charge in [0.15, 0.2) is 11.6 Å². The van der Waals surface area contributed by atoms with E-state index in [1.165, 1.54) is 5.57 Å². The van der Waals surface area contributed by atoms with E-state index in [2.05, 4.69) is 28.0 Å². The lowest BCUT2D eigenvalue weighted by Crippen LogP contribution is -2.27. The van der Waals surface area contributed by atoms with Crippen LogP contribution in [0.2, 0.25) is 0 Å². The second kappa shape index (κ2) is 8.61. The molecule has 5 rings (SSSR count). The van der Waals surface area contributed by atoms with E-state index in [4.69, 9.17) is 0 Å². The predicted octanol–water partition coefficient (Wildman–Crippen LogP) is 5.91. The average Bonchev–Trinajstić information content (AvgIpc) is 3.23. The van der Waals surface area contributed by atoms with E-state index in [9.17, 15) is 14.0 Å². The number of hydrogen-bond acceptors (Lipinski definition) is 3. The van der Waals surface area contributed by atoms with Crippen molar-refractivity contribution in [3.63, 3.8) is 0 Å². The Hall–Kier alpha value is -3.82. The van der Waals surface area contributed by atoms with Gasteiger partial charge in [-0.05, 0) is 48.7 Å². The van der Waals surface area contributed by atoms with Crippen LogP contribution in [0.25, 0.3) is 27.7 Å². The van der Waals surface area contributed by atoms with E-state index in [0.29, 0.717) is 22.4 Å². The Morgan fingerprint density at radius 1 is 0.970 bits per heavy atom. The number of nitriles is 1. The second-order valence-electron chi connectivity index (χ2n) is 8.42. The van der Waals surface area contributed by atoms with Gasteiger partial charge in [0.1, 0.15) is 5.82 Å². The number of aromatic nitrogens is 2. The van der Waals surface area contributed by atoms with Crippen LogP contribution in [0.4, 0.5) is 8.78 Å². The van der Waals surface area contributed by atoms with Crippen LogP contribution in [0, 0.1) is 23.0 Å². The number of imidazole rings is 1. The minimum absolute atomic E-state index is 0.403. The molecule has 1 aliphatic rings. The quantitative estimate of drug-likeness (QED) is 0.431. The molecular formula is C27H22F2N4. The van der Waals surface area contributed by atoms with Crippen molar-refractivity contribution in [1.82, 2.24) is 14.9 Å². The molecular weight excluding hydrogens is 418 g/mol. The summed E-state index contributed by atoms with van der Waals surface area (Å²) in [5.74, 6) is -1.18. The molecule has 1 N–H and O–H groups in total. The van der Waals surface area contributed by atoms with E-state index in [0.717, 1.165) is 60.3 Å². The van der Waals surface area contributed by atoms with Crippen LogP contribution >= 0.6 is 0 Å². The van der Waals surface area contributed by atoms with Crippen molar-refractivity contribution in [2.75, 3.05) is 20.1 Å². The number of fused-ring (bicyclic) bond motifs is 1. The molecule has 0 radical (unpaired) electrons. The van der Waals surface area contributed by atoms with Gasteiger partial charge in [0, 0.05) is 30.8 Å². The number of hydrogen-bond donors (Lipinski definition) is 1. The van der Waals surface area contributed by atoms with E-state index < -0.39 is 11.6 Å². The first-order valence-electron chi connectivity index (χ1n) is 10.9. The molecule has 0 bridgehead atoms. The van der Waals surface area contributed by atoms with Crippen molar-refractivity contribution >= 4 is 16.6 Å². The maximum absolute atomic E-state index is 13.8. The summed E-state index contributed by atoms with van der Waals surface area (Å²) in [6.07, 6.45) is 1.80. The van der Waals surface area contributed by atoms with Crippen LogP contribution in [0.1, 0.15) is 29.8 Å². The standard InChI is InChI=1S/C27H22F2N4/c1-33-11-9-20(10-12-33)26(27-31-24-14-22(28)23(29)15-25(24)32-27)19-7-5-18(6-8-19)21-4-2-3-17(13-21)16-30/h2-8,13-15H,9-12H2,1H3,(H,31,32). The van der Waals surface area contributed by atoms with Crippen LogP contribution in [0.15, 0.2) is 66.2 Å². The SMILES string of the molecule is CN1CCC(=C(c2ccc(-c3cccc(C#N)c3)cc2)c2nc3cc(F)c(F)cc3[nH]2)CC1. The van der Waals surface area contributed by atoms with Crippen molar-refractivity contribution < 1.29 is 8.78 Å². The molecule has 0 saturated carbocycles. The van der Waals surface area contributed by atoms with Crippen molar-refractivity contribution in [3.05, 3.63) is 94.8 Å². The zero-order valence-corrected chi connectivity index (χ0v) is 18.2. The number of H-pyrrole nitrogens is 1. The van der Waals surface area contributed by atoms with Crippen LogP contribution in [0.5, 0.6) is 0 Å². The lowest BCUT2D eigenvalue weighted by molar-refractivity contribution is 0.313. The number of aromatic amines is 1. The van der Waals surface area contributed by atoms with Gasteiger partial charge in [0.2, 0.25) is 0 Å². The molecule has 33 heavy (non-hydrogen) atoms. The summed E-state index contributed by atoms with van der Waals surface area (Å²) < 4.78 is 27.6. The molecule has 0 amide bonds. The van der Waals surface area contributed by atoms with E-state index in [1.54, 1.807) is 6.07 Å². The molecule has 1 fully saturated rings. The van der Waals surface area contributed by atoms with Crippen LogP contribution in [-0.2, 0) is 0 Å². The highest BCUT2D eigenvalue weighted by Crippen LogP contribution is 2.33. The number of nitrogens with zero attached hydrogens (tertiary/aromatic N) is 3. The Labute approximate surface area is 190 Å². The molecule has 1 saturated heterocycles. The molecule has 0 spiro atoms. The highest BCUT2D eigenvalue weighted by atomic mass is 19.2. The minimum Gasteiger partial charge on any atom is -0.338 e. The molecule has 4 nitrogen and oxygen atoms in total. The van der Waals surface area contributed by atoms with Gasteiger partial charge in [-0.15, -0.1) is 0 Å². The number of nitrogens with one attached hydrogen (secondary N) is 1. The molecule has 1 aromatic heterocycles. The molecule has 1 aliphatic heterocycles. The number of likely N-dealkylation sites (tertiary alicyclic amines) is 1. The minimum atomic E-state index is -0.905. The smallest absolute Gasteiger partial charge is 0.161 e. The Kier molecular flexibility index (Phi) is 5.49. The topological polar surface area (TPSA) is 55.7 Å². The second-order valence-corrected chi connectivity index (χ2v) is 8.42. The van der Waals surface area contributed by atoms with Gasteiger partial charge in [-0.1, -0.05) is 42.0 Å². The van der Waals surface area contributed by atoms with Crippen LogP contribution in [-0.4, -0.2) is 35.0 Å². The summed E-state index contributed by atoms with van der Waals surface area (Å²) in [4.78, 5) is 10.1. The summed E-state index contributed by atoms with van der Waals surface area (Å²) in [6.45, 7) is 1.89. The van der Waals surface area contributed by atoms with Gasteiger partial charge in [-0.25, -0.2) is 13.8 Å². The van der Waals surface area contributed by atoms with Crippen molar-refractivity contribution in [2.24, 2.45) is 0 Å². The highest BCUT2D eigenvalue weighted by Gasteiger charge is 2.20. The molecule has 6 heteroatoms. The number of halogens is 2. The zero-order chi connectivity index (χ0) is 22.9. The summed E-state index contributed by atoms with van der Waals surface area (Å²) in [5, 5.41) is 9.19. The maximum Gasteiger partial charge on any atom is 0.161 e. The Morgan fingerprint density at radius 3 is 2.42 bits per heavy atom. The molecule has 164 valence electrons. The summed E-state index contributed by atoms with van der Waals surface area (Å²) >= 11 is 0. The van der Waals surface area contributed by atoms with Gasteiger partial charge >= 0.3 is 0 Å². The lowest BCUT2D eigenvalue weighted by Gasteiger charge is -2.26. The number of rotatable bonds is 3. The highest BCUT2D eigenvalue weighted by molar-refractivity contribution is 5.85. The third kappa shape index (κ3) is 4.15. The van der Waals surface area contributed by atoms with E-state index in [-0.39, 0.29) is 0 Å². The number of piperidine rings is 1. The summed E-state index contributed by atoms with van der Waals surface area (Å²) in [6, 6.07) is 20.1. The fraction of sp³-hybridized carbons (Fsp3) is 0.185. The van der Waals surface area contributed by atoms with Gasteiger partial charge in [-0.2, -0.15) is 5.26 Å². The molecule has 0 atom stereocenters. The first-order chi connectivity index (χ1) is 16.0. The average molecular weight is 440 g/mol. The summed E-state index contributed by atoms with van der Waals surface area (Å²) in [5.41, 5.74) is 6.73.